The highest BCUT2D eigenvalue weighted by molar-refractivity contribution is 7.98. The Morgan fingerprint density at radius 3 is 2.82 bits per heavy atom. The van der Waals surface area contributed by atoms with Crippen LogP contribution in [-0.2, 0) is 5.75 Å². The lowest BCUT2D eigenvalue weighted by Gasteiger charge is -2.08. The van der Waals surface area contributed by atoms with Gasteiger partial charge in [0.1, 0.15) is 5.69 Å². The minimum Gasteiger partial charge on any atom is -0.343 e. The molecule has 0 unspecified atom stereocenters. The summed E-state index contributed by atoms with van der Waals surface area (Å²) in [5, 5.41) is 3.96. The Kier molecular flexibility index (Phi) is 5.94. The van der Waals surface area contributed by atoms with Crippen LogP contribution in [0.4, 0.5) is 0 Å². The Morgan fingerprint density at radius 2 is 2.18 bits per heavy atom. The second-order valence-corrected chi connectivity index (χ2v) is 6.15. The molecule has 0 radical (unpaired) electrons. The molecule has 2 aromatic heterocycles. The molecular weight excluding hydrogens is 300 g/mol. The van der Waals surface area contributed by atoms with E-state index in [9.17, 15) is 4.79 Å². The molecule has 0 saturated heterocycles. The molecule has 2 rings (SSSR count). The van der Waals surface area contributed by atoms with E-state index in [1.165, 1.54) is 17.7 Å². The summed E-state index contributed by atoms with van der Waals surface area (Å²) < 4.78 is 5.23. The number of hydrogen-bond acceptors (Lipinski definition) is 6. The van der Waals surface area contributed by atoms with Crippen molar-refractivity contribution in [1.82, 2.24) is 20.0 Å². The van der Waals surface area contributed by atoms with Gasteiger partial charge in [-0.15, -0.1) is 0 Å². The summed E-state index contributed by atoms with van der Waals surface area (Å²) in [6, 6.07) is 3.45. The summed E-state index contributed by atoms with van der Waals surface area (Å²) in [4.78, 5) is 21.8. The molecule has 0 aliphatic carbocycles. The highest BCUT2D eigenvalue weighted by Crippen LogP contribution is 2.18. The number of carbonyl (C=O) groups is 1. The second kappa shape index (κ2) is 7.93. The Labute approximate surface area is 134 Å². The zero-order chi connectivity index (χ0) is 15.9. The third-order valence-corrected chi connectivity index (χ3v) is 4.01. The number of aromatic nitrogens is 3. The van der Waals surface area contributed by atoms with Crippen molar-refractivity contribution in [3.05, 3.63) is 29.9 Å². The number of rotatable bonds is 7. The molecule has 22 heavy (non-hydrogen) atoms. The van der Waals surface area contributed by atoms with Crippen LogP contribution in [0.3, 0.4) is 0 Å². The van der Waals surface area contributed by atoms with Crippen LogP contribution in [0.25, 0.3) is 11.4 Å². The van der Waals surface area contributed by atoms with Crippen molar-refractivity contribution in [1.29, 1.82) is 0 Å². The van der Waals surface area contributed by atoms with E-state index in [1.807, 2.05) is 0 Å². The van der Waals surface area contributed by atoms with Crippen LogP contribution in [0, 0.1) is 0 Å². The van der Waals surface area contributed by atoms with Crippen LogP contribution < -0.4 is 0 Å². The molecule has 0 N–H and O–H groups in total. The SMILES string of the molecule is CCCCSCc1nc(-c2ccc(C(=O)N(C)C)nc2)no1. The maximum absolute atomic E-state index is 11.8. The largest absolute Gasteiger partial charge is 0.343 e. The number of hydrogen-bond donors (Lipinski definition) is 0. The van der Waals surface area contributed by atoms with Crippen LogP contribution >= 0.6 is 11.8 Å². The normalized spacial score (nSPS) is 10.7. The lowest BCUT2D eigenvalue weighted by Crippen LogP contribution is -2.22. The fourth-order valence-corrected chi connectivity index (χ4v) is 2.65. The molecule has 0 aromatic carbocycles. The average Bonchev–Trinajstić information content (AvgIpc) is 3.00. The maximum Gasteiger partial charge on any atom is 0.271 e. The third-order valence-electron chi connectivity index (χ3n) is 2.98. The van der Waals surface area contributed by atoms with Gasteiger partial charge in [-0.1, -0.05) is 18.5 Å². The topological polar surface area (TPSA) is 72.1 Å². The average molecular weight is 320 g/mol. The van der Waals surface area contributed by atoms with Gasteiger partial charge in [0.25, 0.3) is 5.91 Å². The van der Waals surface area contributed by atoms with E-state index in [0.717, 1.165) is 17.1 Å². The molecular formula is C15H20N4O2S. The fourth-order valence-electron chi connectivity index (χ4n) is 1.72. The first-order valence-electron chi connectivity index (χ1n) is 7.20. The standard InChI is InChI=1S/C15H20N4O2S/c1-4-5-8-22-10-13-17-14(18-21-13)11-6-7-12(16-9-11)15(20)19(2)3/h6-7,9H,4-5,8,10H2,1-3H3. The van der Waals surface area contributed by atoms with E-state index in [0.29, 0.717) is 17.4 Å². The van der Waals surface area contributed by atoms with Crippen LogP contribution in [-0.4, -0.2) is 45.8 Å². The zero-order valence-electron chi connectivity index (χ0n) is 13.1. The van der Waals surface area contributed by atoms with Gasteiger partial charge in [-0.25, -0.2) is 0 Å². The van der Waals surface area contributed by atoms with Gasteiger partial charge in [-0.2, -0.15) is 16.7 Å². The molecule has 118 valence electrons. The van der Waals surface area contributed by atoms with E-state index in [2.05, 4.69) is 22.0 Å². The summed E-state index contributed by atoms with van der Waals surface area (Å²) >= 11 is 1.79. The number of pyridine rings is 1. The number of unbranched alkanes of at least 4 members (excludes halogenated alkanes) is 1. The van der Waals surface area contributed by atoms with Crippen molar-refractivity contribution >= 4 is 17.7 Å². The van der Waals surface area contributed by atoms with Gasteiger partial charge >= 0.3 is 0 Å². The molecule has 0 aliphatic heterocycles. The molecule has 0 fully saturated rings. The Hall–Kier alpha value is -1.89. The van der Waals surface area contributed by atoms with Gasteiger partial charge in [0.15, 0.2) is 0 Å². The second-order valence-electron chi connectivity index (χ2n) is 5.05. The number of nitrogens with zero attached hydrogens (tertiary/aromatic N) is 4. The predicted molar refractivity (Wildman–Crippen MR) is 86.6 cm³/mol. The van der Waals surface area contributed by atoms with E-state index in [4.69, 9.17) is 4.52 Å². The molecule has 7 heteroatoms. The van der Waals surface area contributed by atoms with Crippen LogP contribution in [0.2, 0.25) is 0 Å². The molecule has 0 aliphatic rings. The summed E-state index contributed by atoms with van der Waals surface area (Å²) in [6.45, 7) is 2.17. The quantitative estimate of drug-likeness (QED) is 0.730. The minimum atomic E-state index is -0.132. The molecule has 0 saturated carbocycles. The van der Waals surface area contributed by atoms with Crippen LogP contribution in [0.1, 0.15) is 36.1 Å². The monoisotopic (exact) mass is 320 g/mol. The van der Waals surface area contributed by atoms with Crippen molar-refractivity contribution < 1.29 is 9.32 Å². The van der Waals surface area contributed by atoms with Gasteiger partial charge < -0.3 is 9.42 Å². The summed E-state index contributed by atoms with van der Waals surface area (Å²) in [6.07, 6.45) is 3.97. The molecule has 0 atom stereocenters. The molecule has 2 heterocycles. The highest BCUT2D eigenvalue weighted by Gasteiger charge is 2.12. The molecule has 0 spiro atoms. The first kappa shape index (κ1) is 16.5. The van der Waals surface area contributed by atoms with Gasteiger partial charge in [-0.3, -0.25) is 9.78 Å². The summed E-state index contributed by atoms with van der Waals surface area (Å²) in [5.74, 6) is 2.80. The third kappa shape index (κ3) is 4.30. The Balaban J connectivity index is 2.00. The van der Waals surface area contributed by atoms with Gasteiger partial charge in [0, 0.05) is 25.9 Å². The van der Waals surface area contributed by atoms with E-state index < -0.39 is 0 Å². The van der Waals surface area contributed by atoms with E-state index in [-0.39, 0.29) is 5.91 Å². The first-order chi connectivity index (χ1) is 10.6. The van der Waals surface area contributed by atoms with Crippen molar-refractivity contribution in [2.75, 3.05) is 19.8 Å². The lowest BCUT2D eigenvalue weighted by molar-refractivity contribution is 0.0822. The molecule has 1 amide bonds. The van der Waals surface area contributed by atoms with Crippen LogP contribution in [0.5, 0.6) is 0 Å². The van der Waals surface area contributed by atoms with Gasteiger partial charge in [0.05, 0.1) is 5.75 Å². The van der Waals surface area contributed by atoms with Crippen LogP contribution in [0.15, 0.2) is 22.9 Å². The number of thioether (sulfide) groups is 1. The fraction of sp³-hybridized carbons (Fsp3) is 0.467. The number of carbonyl (C=O) groups excluding carboxylic acids is 1. The summed E-state index contributed by atoms with van der Waals surface area (Å²) in [5.41, 5.74) is 1.14. The lowest BCUT2D eigenvalue weighted by atomic mass is 10.2. The van der Waals surface area contributed by atoms with E-state index >= 15 is 0 Å². The van der Waals surface area contributed by atoms with Gasteiger partial charge in [-0.05, 0) is 24.3 Å². The van der Waals surface area contributed by atoms with Gasteiger partial charge in [0.2, 0.25) is 11.7 Å². The Morgan fingerprint density at radius 1 is 1.36 bits per heavy atom. The molecule has 2 aromatic rings. The van der Waals surface area contributed by atoms with Crippen molar-refractivity contribution in [3.63, 3.8) is 0 Å². The predicted octanol–water partition coefficient (Wildman–Crippen LogP) is 2.87. The minimum absolute atomic E-state index is 0.132. The highest BCUT2D eigenvalue weighted by atomic mass is 32.2. The van der Waals surface area contributed by atoms with Crippen molar-refractivity contribution in [2.24, 2.45) is 0 Å². The Bertz CT molecular complexity index is 610. The summed E-state index contributed by atoms with van der Waals surface area (Å²) in [7, 11) is 3.39. The van der Waals surface area contributed by atoms with Crippen molar-refractivity contribution in [2.45, 2.75) is 25.5 Å². The zero-order valence-corrected chi connectivity index (χ0v) is 13.9. The van der Waals surface area contributed by atoms with Crippen molar-refractivity contribution in [3.8, 4) is 11.4 Å². The smallest absolute Gasteiger partial charge is 0.271 e. The van der Waals surface area contributed by atoms with E-state index in [1.54, 1.807) is 44.2 Å². The molecule has 6 nitrogen and oxygen atoms in total. The number of amides is 1. The first-order valence-corrected chi connectivity index (χ1v) is 8.35. The maximum atomic E-state index is 11.8. The molecule has 0 bridgehead atoms.